The summed E-state index contributed by atoms with van der Waals surface area (Å²) in [5.41, 5.74) is 6.34. The number of hydrogen-bond donors (Lipinski definition) is 4. The number of aliphatic hydroxyl groups excluding tert-OH is 1. The van der Waals surface area contributed by atoms with E-state index in [0.717, 1.165) is 32.1 Å². The summed E-state index contributed by atoms with van der Waals surface area (Å²) in [5, 5.41) is 16.5. The first-order chi connectivity index (χ1) is 17.5. The first-order valence-electron chi connectivity index (χ1n) is 13.7. The SMILES string of the molecule is CCCCC(C)(C)C(=O)NCC(O)C(N)CC(CNC(=O)c1ccccc1OCCCCOC)C(C)C. The monoisotopic (exact) mass is 521 g/mol. The third kappa shape index (κ3) is 12.3. The summed E-state index contributed by atoms with van der Waals surface area (Å²) in [5.74, 6) is 0.595. The molecule has 0 saturated carbocycles. The van der Waals surface area contributed by atoms with Gasteiger partial charge in [-0.2, -0.15) is 0 Å². The van der Waals surface area contributed by atoms with E-state index < -0.39 is 17.6 Å². The van der Waals surface area contributed by atoms with Gasteiger partial charge in [0.25, 0.3) is 5.91 Å². The number of para-hydroxylation sites is 1. The van der Waals surface area contributed by atoms with Crippen molar-refractivity contribution in [2.75, 3.05) is 33.4 Å². The molecule has 0 aliphatic heterocycles. The molecular weight excluding hydrogens is 470 g/mol. The van der Waals surface area contributed by atoms with E-state index in [2.05, 4.69) is 31.4 Å². The van der Waals surface area contributed by atoms with Gasteiger partial charge in [-0.1, -0.05) is 59.6 Å². The Bertz CT molecular complexity index is 800. The predicted octanol–water partition coefficient (Wildman–Crippen LogP) is 3.90. The van der Waals surface area contributed by atoms with Crippen LogP contribution in [0.5, 0.6) is 5.75 Å². The Balaban J connectivity index is 2.62. The van der Waals surface area contributed by atoms with Crippen molar-refractivity contribution in [1.82, 2.24) is 10.6 Å². The first kappa shape index (κ1) is 32.9. The smallest absolute Gasteiger partial charge is 0.255 e. The van der Waals surface area contributed by atoms with Crippen molar-refractivity contribution in [3.05, 3.63) is 29.8 Å². The Morgan fingerprint density at radius 3 is 2.38 bits per heavy atom. The Morgan fingerprint density at radius 1 is 1.05 bits per heavy atom. The summed E-state index contributed by atoms with van der Waals surface area (Å²) in [6.45, 7) is 11.8. The normalized spacial score (nSPS) is 14.2. The second kappa shape index (κ2) is 17.4. The molecular formula is C29H51N3O5. The highest BCUT2D eigenvalue weighted by molar-refractivity contribution is 5.96. The van der Waals surface area contributed by atoms with Crippen LogP contribution in [0, 0.1) is 17.3 Å². The molecule has 0 spiro atoms. The van der Waals surface area contributed by atoms with Gasteiger partial charge < -0.3 is 30.9 Å². The van der Waals surface area contributed by atoms with Gasteiger partial charge >= 0.3 is 0 Å². The highest BCUT2D eigenvalue weighted by atomic mass is 16.5. The molecule has 1 rings (SSSR count). The van der Waals surface area contributed by atoms with Crippen LogP contribution in [0.2, 0.25) is 0 Å². The van der Waals surface area contributed by atoms with Crippen molar-refractivity contribution in [3.8, 4) is 5.75 Å². The third-order valence-corrected chi connectivity index (χ3v) is 6.91. The molecule has 3 atom stereocenters. The van der Waals surface area contributed by atoms with Crippen molar-refractivity contribution in [1.29, 1.82) is 0 Å². The highest BCUT2D eigenvalue weighted by Gasteiger charge is 2.28. The minimum atomic E-state index is -0.866. The fourth-order valence-corrected chi connectivity index (χ4v) is 4.05. The van der Waals surface area contributed by atoms with Crippen molar-refractivity contribution in [2.24, 2.45) is 23.0 Å². The molecule has 2 amide bonds. The fourth-order valence-electron chi connectivity index (χ4n) is 4.05. The van der Waals surface area contributed by atoms with Gasteiger partial charge in [0.1, 0.15) is 5.75 Å². The van der Waals surface area contributed by atoms with E-state index in [0.29, 0.717) is 37.5 Å². The lowest BCUT2D eigenvalue weighted by molar-refractivity contribution is -0.130. The number of nitrogens with two attached hydrogens (primary N) is 1. The van der Waals surface area contributed by atoms with E-state index in [9.17, 15) is 14.7 Å². The van der Waals surface area contributed by atoms with Crippen molar-refractivity contribution < 1.29 is 24.2 Å². The maximum atomic E-state index is 13.0. The quantitative estimate of drug-likeness (QED) is 0.205. The summed E-state index contributed by atoms with van der Waals surface area (Å²) in [6.07, 6.45) is 4.21. The molecule has 0 fully saturated rings. The van der Waals surface area contributed by atoms with Crippen molar-refractivity contribution in [2.45, 2.75) is 85.3 Å². The Morgan fingerprint density at radius 2 is 1.73 bits per heavy atom. The van der Waals surface area contributed by atoms with Gasteiger partial charge in [-0.05, 0) is 49.7 Å². The molecule has 1 aromatic carbocycles. The van der Waals surface area contributed by atoms with Gasteiger partial charge in [0.15, 0.2) is 0 Å². The minimum absolute atomic E-state index is 0.0624. The zero-order valence-corrected chi connectivity index (χ0v) is 23.8. The predicted molar refractivity (Wildman–Crippen MR) is 149 cm³/mol. The molecule has 0 aliphatic rings. The fraction of sp³-hybridized carbons (Fsp3) is 0.724. The molecule has 0 radical (unpaired) electrons. The molecule has 3 unspecified atom stereocenters. The number of amides is 2. The van der Waals surface area contributed by atoms with E-state index >= 15 is 0 Å². The molecule has 0 aromatic heterocycles. The largest absolute Gasteiger partial charge is 0.493 e. The summed E-state index contributed by atoms with van der Waals surface area (Å²) in [7, 11) is 1.67. The standard InChI is InChI=1S/C29H51N3O5/c1-7-8-15-29(4,5)28(35)32-20-25(33)24(30)18-22(21(2)3)19-31-27(34)23-13-9-10-14-26(23)37-17-12-11-16-36-6/h9-10,13-14,21-22,24-25,33H,7-8,11-12,15-20,30H2,1-6H3,(H,31,34)(H,32,35). The summed E-state index contributed by atoms with van der Waals surface area (Å²) >= 11 is 0. The molecule has 0 bridgehead atoms. The molecule has 0 heterocycles. The minimum Gasteiger partial charge on any atom is -0.493 e. The number of carbonyl (C=O) groups is 2. The Labute approximate surface area is 224 Å². The Hall–Kier alpha value is -2.16. The van der Waals surface area contributed by atoms with E-state index in [-0.39, 0.29) is 30.2 Å². The van der Waals surface area contributed by atoms with E-state index in [1.54, 1.807) is 19.2 Å². The zero-order chi connectivity index (χ0) is 27.8. The van der Waals surface area contributed by atoms with Crippen LogP contribution in [-0.4, -0.2) is 62.5 Å². The first-order valence-corrected chi connectivity index (χ1v) is 13.7. The van der Waals surface area contributed by atoms with Crippen LogP contribution in [-0.2, 0) is 9.53 Å². The van der Waals surface area contributed by atoms with E-state index in [4.69, 9.17) is 15.2 Å². The van der Waals surface area contributed by atoms with Crippen LogP contribution < -0.4 is 21.1 Å². The average Bonchev–Trinajstić information content (AvgIpc) is 2.87. The molecule has 37 heavy (non-hydrogen) atoms. The van der Waals surface area contributed by atoms with E-state index in [1.165, 1.54) is 0 Å². The Kier molecular flexibility index (Phi) is 15.4. The number of rotatable bonds is 19. The number of benzene rings is 1. The molecule has 8 nitrogen and oxygen atoms in total. The third-order valence-electron chi connectivity index (χ3n) is 6.91. The number of methoxy groups -OCH3 is 1. The molecule has 212 valence electrons. The van der Waals surface area contributed by atoms with Gasteiger partial charge in [-0.15, -0.1) is 0 Å². The van der Waals surface area contributed by atoms with Crippen LogP contribution in [0.15, 0.2) is 24.3 Å². The number of carbonyl (C=O) groups excluding carboxylic acids is 2. The van der Waals surface area contributed by atoms with Gasteiger partial charge in [-0.3, -0.25) is 9.59 Å². The number of hydrogen-bond acceptors (Lipinski definition) is 6. The summed E-state index contributed by atoms with van der Waals surface area (Å²) in [6, 6.07) is 6.70. The van der Waals surface area contributed by atoms with Crippen LogP contribution in [0.4, 0.5) is 0 Å². The van der Waals surface area contributed by atoms with Crippen molar-refractivity contribution >= 4 is 11.8 Å². The van der Waals surface area contributed by atoms with Gasteiger partial charge in [0.2, 0.25) is 5.91 Å². The number of aliphatic hydroxyl groups is 1. The van der Waals surface area contributed by atoms with E-state index in [1.807, 2.05) is 26.0 Å². The van der Waals surface area contributed by atoms with Crippen LogP contribution in [0.25, 0.3) is 0 Å². The summed E-state index contributed by atoms with van der Waals surface area (Å²) < 4.78 is 10.9. The zero-order valence-electron chi connectivity index (χ0n) is 23.8. The van der Waals surface area contributed by atoms with Gasteiger partial charge in [0, 0.05) is 38.3 Å². The maximum absolute atomic E-state index is 13.0. The van der Waals surface area contributed by atoms with Gasteiger partial charge in [0.05, 0.1) is 18.3 Å². The molecule has 1 aromatic rings. The second-order valence-corrected chi connectivity index (χ2v) is 10.9. The lowest BCUT2D eigenvalue weighted by Crippen LogP contribution is -2.48. The number of nitrogens with one attached hydrogen (secondary N) is 2. The number of ether oxygens (including phenoxy) is 2. The topological polar surface area (TPSA) is 123 Å². The second-order valence-electron chi connectivity index (χ2n) is 10.9. The lowest BCUT2D eigenvalue weighted by atomic mass is 9.85. The summed E-state index contributed by atoms with van der Waals surface area (Å²) in [4.78, 5) is 25.5. The molecule has 0 saturated heterocycles. The average molecular weight is 522 g/mol. The lowest BCUT2D eigenvalue weighted by Gasteiger charge is -2.29. The van der Waals surface area contributed by atoms with Gasteiger partial charge in [-0.25, -0.2) is 0 Å². The van der Waals surface area contributed by atoms with Crippen LogP contribution in [0.1, 0.15) is 83.5 Å². The van der Waals surface area contributed by atoms with Crippen LogP contribution in [0.3, 0.4) is 0 Å². The molecule has 5 N–H and O–H groups in total. The highest BCUT2D eigenvalue weighted by Crippen LogP contribution is 2.24. The molecule has 0 aliphatic carbocycles. The van der Waals surface area contributed by atoms with Crippen LogP contribution >= 0.6 is 0 Å². The maximum Gasteiger partial charge on any atom is 0.255 e. The number of unbranched alkanes of at least 4 members (excludes halogenated alkanes) is 2. The molecule has 8 heteroatoms. The van der Waals surface area contributed by atoms with Crippen molar-refractivity contribution in [3.63, 3.8) is 0 Å².